The number of aryl methyl sites for hydroxylation is 1. The molecule has 4 rings (SSSR count). The third-order valence-electron chi connectivity index (χ3n) is 4.79. The molecule has 164 valence electrons. The molecule has 2 N–H and O–H groups in total. The number of thioether (sulfide) groups is 1. The molecular weight excluding hydrogens is 427 g/mol. The van der Waals surface area contributed by atoms with E-state index in [2.05, 4.69) is 15.6 Å². The molecule has 32 heavy (non-hydrogen) atoms. The highest BCUT2D eigenvalue weighted by Gasteiger charge is 2.19. The maximum absolute atomic E-state index is 13.9. The molecule has 0 bridgehead atoms. The molecule has 2 amide bonds. The number of benzene rings is 1. The van der Waals surface area contributed by atoms with Gasteiger partial charge in [-0.1, -0.05) is 0 Å². The van der Waals surface area contributed by atoms with Crippen molar-refractivity contribution in [3.63, 3.8) is 0 Å². The van der Waals surface area contributed by atoms with Crippen LogP contribution in [0, 0.1) is 12.7 Å². The number of hydrogen-bond acceptors (Lipinski definition) is 5. The van der Waals surface area contributed by atoms with E-state index in [1.807, 2.05) is 38.3 Å². The second kappa shape index (κ2) is 8.96. The van der Waals surface area contributed by atoms with E-state index in [1.165, 1.54) is 17.8 Å². The molecule has 1 aromatic carbocycles. The monoisotopic (exact) mass is 450 g/mol. The van der Waals surface area contributed by atoms with Crippen LogP contribution in [0.1, 0.15) is 19.4 Å². The van der Waals surface area contributed by atoms with E-state index in [4.69, 9.17) is 10.1 Å². The third kappa shape index (κ3) is 4.43. The maximum atomic E-state index is 13.9. The Hall–Kier alpha value is -3.46. The summed E-state index contributed by atoms with van der Waals surface area (Å²) < 4.78 is 15.7. The Morgan fingerprint density at radius 1 is 1.12 bits per heavy atom. The number of urea groups is 1. The number of halogens is 1. The van der Waals surface area contributed by atoms with Gasteiger partial charge in [0.15, 0.2) is 5.65 Å². The second-order valence-corrected chi connectivity index (χ2v) is 8.43. The summed E-state index contributed by atoms with van der Waals surface area (Å²) >= 11 is 1.53. The van der Waals surface area contributed by atoms with Crippen molar-refractivity contribution in [2.75, 3.05) is 11.6 Å². The van der Waals surface area contributed by atoms with Gasteiger partial charge < -0.3 is 5.32 Å². The van der Waals surface area contributed by atoms with E-state index in [-0.39, 0.29) is 17.9 Å². The molecule has 0 saturated heterocycles. The summed E-state index contributed by atoms with van der Waals surface area (Å²) in [4.78, 5) is 21.2. The predicted molar refractivity (Wildman–Crippen MR) is 125 cm³/mol. The molecule has 0 atom stereocenters. The standard InChI is InChI=1S/C23H23FN6OS/c1-13(2)26-23(31)27-18-12-16(9-10-25-18)22-21(15-5-6-17(24)14(3)11-15)28-19-7-8-20(32-4)29-30(19)22/h5-13H,1-4H3,(H2,25,26,27,31). The number of imidazole rings is 1. The van der Waals surface area contributed by atoms with Gasteiger partial charge in [0, 0.05) is 23.4 Å². The molecule has 0 aliphatic rings. The van der Waals surface area contributed by atoms with Crippen LogP contribution in [0.4, 0.5) is 15.0 Å². The van der Waals surface area contributed by atoms with Crippen molar-refractivity contribution in [3.05, 3.63) is 60.0 Å². The van der Waals surface area contributed by atoms with Crippen molar-refractivity contribution >= 4 is 29.3 Å². The quantitative estimate of drug-likeness (QED) is 0.411. The van der Waals surface area contributed by atoms with E-state index in [0.29, 0.717) is 22.7 Å². The average Bonchev–Trinajstić information content (AvgIpc) is 3.13. The summed E-state index contributed by atoms with van der Waals surface area (Å²) in [7, 11) is 0. The fraction of sp³-hybridized carbons (Fsp3) is 0.217. The van der Waals surface area contributed by atoms with Crippen LogP contribution in [0.5, 0.6) is 0 Å². The van der Waals surface area contributed by atoms with Gasteiger partial charge in [-0.25, -0.2) is 23.7 Å². The Labute approximate surface area is 189 Å². The number of anilines is 1. The van der Waals surface area contributed by atoms with E-state index in [0.717, 1.165) is 21.8 Å². The smallest absolute Gasteiger partial charge is 0.320 e. The summed E-state index contributed by atoms with van der Waals surface area (Å²) in [6.07, 6.45) is 3.58. The van der Waals surface area contributed by atoms with Crippen LogP contribution in [0.15, 0.2) is 53.7 Å². The zero-order valence-electron chi connectivity index (χ0n) is 18.2. The topological polar surface area (TPSA) is 84.2 Å². The van der Waals surface area contributed by atoms with Crippen molar-refractivity contribution in [2.45, 2.75) is 31.8 Å². The number of fused-ring (bicyclic) bond motifs is 1. The fourth-order valence-corrected chi connectivity index (χ4v) is 3.71. The molecule has 0 fully saturated rings. The first-order valence-corrected chi connectivity index (χ1v) is 11.3. The van der Waals surface area contributed by atoms with Crippen LogP contribution in [0.3, 0.4) is 0 Å². The van der Waals surface area contributed by atoms with Crippen LogP contribution in [-0.2, 0) is 0 Å². The minimum atomic E-state index is -0.333. The number of carbonyl (C=O) groups is 1. The lowest BCUT2D eigenvalue weighted by Crippen LogP contribution is -2.34. The number of rotatable bonds is 5. The summed E-state index contributed by atoms with van der Waals surface area (Å²) in [5.74, 6) is 0.131. The first kappa shape index (κ1) is 21.8. The largest absolute Gasteiger partial charge is 0.336 e. The summed E-state index contributed by atoms with van der Waals surface area (Å²) in [5.41, 5.74) is 4.15. The van der Waals surface area contributed by atoms with Gasteiger partial charge in [0.05, 0.1) is 5.69 Å². The molecular formula is C23H23FN6OS. The van der Waals surface area contributed by atoms with Crippen molar-refractivity contribution < 1.29 is 9.18 Å². The lowest BCUT2D eigenvalue weighted by Gasteiger charge is -2.11. The van der Waals surface area contributed by atoms with E-state index < -0.39 is 0 Å². The Morgan fingerprint density at radius 3 is 2.66 bits per heavy atom. The molecule has 0 spiro atoms. The average molecular weight is 451 g/mol. The first-order valence-electron chi connectivity index (χ1n) is 10.1. The molecule has 0 radical (unpaired) electrons. The number of hydrogen-bond donors (Lipinski definition) is 2. The minimum Gasteiger partial charge on any atom is -0.336 e. The second-order valence-electron chi connectivity index (χ2n) is 7.60. The highest BCUT2D eigenvalue weighted by Crippen LogP contribution is 2.34. The number of nitrogens with zero attached hydrogens (tertiary/aromatic N) is 4. The SMILES string of the molecule is CSc1ccc2nc(-c3ccc(F)c(C)c3)c(-c3ccnc(NC(=O)NC(C)C)c3)n2n1. The van der Waals surface area contributed by atoms with Gasteiger partial charge in [-0.05, 0) is 75.1 Å². The Bertz CT molecular complexity index is 1300. The van der Waals surface area contributed by atoms with Gasteiger partial charge in [-0.2, -0.15) is 5.10 Å². The Balaban J connectivity index is 1.87. The van der Waals surface area contributed by atoms with Gasteiger partial charge in [0.2, 0.25) is 0 Å². The van der Waals surface area contributed by atoms with Crippen LogP contribution in [0.2, 0.25) is 0 Å². The Morgan fingerprint density at radius 2 is 1.94 bits per heavy atom. The van der Waals surface area contributed by atoms with Gasteiger partial charge in [-0.15, -0.1) is 11.8 Å². The lowest BCUT2D eigenvalue weighted by atomic mass is 10.0. The minimum absolute atomic E-state index is 0.000520. The first-order chi connectivity index (χ1) is 15.4. The molecule has 0 unspecified atom stereocenters. The Kier molecular flexibility index (Phi) is 6.09. The zero-order chi connectivity index (χ0) is 22.8. The van der Waals surface area contributed by atoms with Gasteiger partial charge in [0.25, 0.3) is 0 Å². The van der Waals surface area contributed by atoms with Crippen LogP contribution >= 0.6 is 11.8 Å². The third-order valence-corrected chi connectivity index (χ3v) is 5.42. The van der Waals surface area contributed by atoms with Crippen molar-refractivity contribution in [1.29, 1.82) is 0 Å². The van der Waals surface area contributed by atoms with Crippen LogP contribution in [-0.4, -0.2) is 37.9 Å². The van der Waals surface area contributed by atoms with Crippen molar-refractivity contribution in [1.82, 2.24) is 24.9 Å². The van der Waals surface area contributed by atoms with Gasteiger partial charge in [-0.3, -0.25) is 5.32 Å². The van der Waals surface area contributed by atoms with Gasteiger partial charge in [0.1, 0.15) is 22.4 Å². The van der Waals surface area contributed by atoms with E-state index >= 15 is 0 Å². The number of pyridine rings is 1. The lowest BCUT2D eigenvalue weighted by molar-refractivity contribution is 0.250. The summed E-state index contributed by atoms with van der Waals surface area (Å²) in [6.45, 7) is 5.49. The number of nitrogens with one attached hydrogen (secondary N) is 2. The summed E-state index contributed by atoms with van der Waals surface area (Å²) in [6, 6.07) is 12.0. The predicted octanol–water partition coefficient (Wildman–Crippen LogP) is 5.16. The molecule has 3 aromatic heterocycles. The fourth-order valence-electron chi connectivity index (χ4n) is 3.34. The number of amides is 2. The summed E-state index contributed by atoms with van der Waals surface area (Å²) in [5, 5.41) is 11.1. The highest BCUT2D eigenvalue weighted by molar-refractivity contribution is 7.98. The molecule has 3 heterocycles. The molecule has 7 nitrogen and oxygen atoms in total. The van der Waals surface area contributed by atoms with Crippen molar-refractivity contribution in [2.24, 2.45) is 0 Å². The molecule has 0 saturated carbocycles. The highest BCUT2D eigenvalue weighted by atomic mass is 32.2. The molecule has 4 aromatic rings. The van der Waals surface area contributed by atoms with Crippen LogP contribution < -0.4 is 10.6 Å². The number of carbonyl (C=O) groups excluding carboxylic acids is 1. The van der Waals surface area contributed by atoms with Crippen molar-refractivity contribution in [3.8, 4) is 22.5 Å². The van der Waals surface area contributed by atoms with Gasteiger partial charge >= 0.3 is 6.03 Å². The normalized spacial score (nSPS) is 11.2. The zero-order valence-corrected chi connectivity index (χ0v) is 19.0. The molecule has 9 heteroatoms. The van der Waals surface area contributed by atoms with E-state index in [1.54, 1.807) is 35.8 Å². The van der Waals surface area contributed by atoms with Crippen LogP contribution in [0.25, 0.3) is 28.2 Å². The van der Waals surface area contributed by atoms with E-state index in [9.17, 15) is 9.18 Å². The molecule has 0 aliphatic carbocycles. The molecule has 0 aliphatic heterocycles. The number of aromatic nitrogens is 4. The maximum Gasteiger partial charge on any atom is 0.320 e.